The van der Waals surface area contributed by atoms with Crippen molar-refractivity contribution >= 4 is 12.2 Å². The molecule has 0 aliphatic heterocycles. The predicted octanol–water partition coefficient (Wildman–Crippen LogP) is -1.19. The normalized spacial score (nSPS) is 6.71. The zero-order valence-electron chi connectivity index (χ0n) is 8.37. The van der Waals surface area contributed by atoms with Gasteiger partial charge in [0, 0.05) is 0 Å². The second kappa shape index (κ2) is 29.9. The van der Waals surface area contributed by atoms with Crippen LogP contribution in [0, 0.1) is 0 Å². The Hall–Kier alpha value is -1.32. The molecule has 0 saturated carbocycles. The van der Waals surface area contributed by atoms with Crippen LogP contribution in [0.3, 0.4) is 0 Å². The largest absolute Gasteiger partial charge is 0.724 e. The van der Waals surface area contributed by atoms with Crippen LogP contribution in [0.2, 0.25) is 0 Å². The van der Waals surface area contributed by atoms with Gasteiger partial charge in [0.15, 0.2) is 0 Å². The van der Waals surface area contributed by atoms with Gasteiger partial charge in [0.25, 0.3) is 0 Å². The average Bonchev–Trinajstić information content (AvgIpc) is 2.15. The van der Waals surface area contributed by atoms with Crippen LogP contribution in [0.5, 0.6) is 0 Å². The fourth-order valence-electron chi connectivity index (χ4n) is 0.707. The molecule has 0 aliphatic rings. The zero-order chi connectivity index (χ0) is 11.7. The topological polar surface area (TPSA) is 134 Å². The maximum atomic E-state index is 8.24. The highest BCUT2D eigenvalue weighted by molar-refractivity contribution is 5.37. The van der Waals surface area contributed by atoms with Gasteiger partial charge in [-0.25, -0.2) is 0 Å². The molecule has 0 spiro atoms. The fraction of sp³-hybridized carbons (Fsp3) is 0.750. The van der Waals surface area contributed by atoms with E-state index in [1.54, 1.807) is 0 Å². The second-order valence-electron chi connectivity index (χ2n) is 2.30. The Kier molecular flexibility index (Phi) is 39.4. The van der Waals surface area contributed by atoms with Crippen LogP contribution in [0.1, 0.15) is 25.7 Å². The van der Waals surface area contributed by atoms with Gasteiger partial charge in [0.1, 0.15) is 0 Å². The van der Waals surface area contributed by atoms with Crippen LogP contribution in [-0.4, -0.2) is 25.2 Å². The summed E-state index contributed by atoms with van der Waals surface area (Å²) in [6.07, 6.45) is 6.28. The molecule has 0 heterocycles. The summed E-state index contributed by atoms with van der Waals surface area (Å²) in [4.78, 5) is 16.5. The van der Waals surface area contributed by atoms with Crippen molar-refractivity contribution in [2.45, 2.75) is 25.7 Å². The van der Waals surface area contributed by atoms with E-state index < -0.39 is 0 Å². The molecule has 0 amide bonds. The molecule has 0 saturated heterocycles. The Bertz CT molecular complexity index is 131. The van der Waals surface area contributed by atoms with E-state index in [0.29, 0.717) is 12.2 Å². The lowest BCUT2D eigenvalue weighted by molar-refractivity contribution is -0.371. The third-order valence-electron chi connectivity index (χ3n) is 1.25. The minimum absolute atomic E-state index is 0.500. The molecule has 0 fully saturated rings. The van der Waals surface area contributed by atoms with Gasteiger partial charge in [-0.1, -0.05) is 0 Å². The molecule has 6 nitrogen and oxygen atoms in total. The summed E-state index contributed by atoms with van der Waals surface area (Å²) in [5, 5.41) is 13.5. The lowest BCUT2D eigenvalue weighted by atomic mass is 10.2. The Labute approximate surface area is 83.7 Å². The molecule has 0 bridgehead atoms. The molecular weight excluding hydrogens is 184 g/mol. The van der Waals surface area contributed by atoms with Gasteiger partial charge in [0.05, 0.1) is 13.1 Å². The highest BCUT2D eigenvalue weighted by Gasteiger charge is 1.86. The standard InChI is InChI=1S/C6H16N2.2CNO/c7-5-3-1-2-4-6-8;2*2-1-3/h1-8H2;;/q;2*-1/p+2. The smallest absolute Gasteiger partial charge is 0.0739 e. The molecule has 82 valence electrons. The van der Waals surface area contributed by atoms with Crippen molar-refractivity contribution in [3.63, 3.8) is 0 Å². The number of quaternary nitrogens is 2. The van der Waals surface area contributed by atoms with Crippen molar-refractivity contribution in [3.05, 3.63) is 10.8 Å². The van der Waals surface area contributed by atoms with Crippen LogP contribution in [0.25, 0.3) is 10.8 Å². The molecule has 14 heavy (non-hydrogen) atoms. The summed E-state index contributed by atoms with van der Waals surface area (Å²) in [6.45, 7) is 2.19. The van der Waals surface area contributed by atoms with Crippen LogP contribution in [0.4, 0.5) is 0 Å². The molecule has 0 aromatic rings. The van der Waals surface area contributed by atoms with Crippen molar-refractivity contribution in [2.75, 3.05) is 13.1 Å². The fourth-order valence-corrected chi connectivity index (χ4v) is 0.707. The molecule has 6 heteroatoms. The van der Waals surface area contributed by atoms with Gasteiger partial charge in [-0.05, 0) is 37.8 Å². The number of nitrogens with zero attached hydrogens (tertiary/aromatic N) is 2. The number of carbonyl (C=O) groups excluding carboxylic acids is 2. The average molecular weight is 202 g/mol. The van der Waals surface area contributed by atoms with Gasteiger partial charge >= 0.3 is 0 Å². The van der Waals surface area contributed by atoms with E-state index in [4.69, 9.17) is 20.4 Å². The van der Waals surface area contributed by atoms with Crippen molar-refractivity contribution in [1.82, 2.24) is 0 Å². The van der Waals surface area contributed by atoms with Crippen LogP contribution >= 0.6 is 0 Å². The van der Waals surface area contributed by atoms with Crippen molar-refractivity contribution in [2.24, 2.45) is 0 Å². The lowest BCUT2D eigenvalue weighted by Crippen LogP contribution is -2.50. The minimum atomic E-state index is 0.500. The van der Waals surface area contributed by atoms with E-state index in [1.807, 2.05) is 0 Å². The van der Waals surface area contributed by atoms with Gasteiger partial charge in [-0.2, -0.15) is 0 Å². The SMILES string of the molecule is [N-]=C=O.[N-]=C=O.[NH3+]CCCCCC[NH3+]. The highest BCUT2D eigenvalue weighted by atomic mass is 16.1. The van der Waals surface area contributed by atoms with E-state index in [1.165, 1.54) is 25.7 Å². The Morgan fingerprint density at radius 3 is 1.14 bits per heavy atom. The van der Waals surface area contributed by atoms with Crippen LogP contribution in [-0.2, 0) is 9.59 Å². The molecular formula is C8H18N4O2. The van der Waals surface area contributed by atoms with Crippen molar-refractivity contribution in [3.8, 4) is 0 Å². The van der Waals surface area contributed by atoms with E-state index >= 15 is 0 Å². The third kappa shape index (κ3) is 73.9. The van der Waals surface area contributed by atoms with Gasteiger partial charge < -0.3 is 22.3 Å². The first-order chi connectivity index (χ1) is 6.74. The van der Waals surface area contributed by atoms with E-state index in [0.717, 1.165) is 13.1 Å². The number of hydrogen-bond acceptors (Lipinski definition) is 2. The van der Waals surface area contributed by atoms with Crippen molar-refractivity contribution in [1.29, 1.82) is 0 Å². The lowest BCUT2D eigenvalue weighted by Gasteiger charge is -1.91. The number of rotatable bonds is 5. The summed E-state index contributed by atoms with van der Waals surface area (Å²) < 4.78 is 0. The van der Waals surface area contributed by atoms with Gasteiger partial charge in [-0.15, -0.1) is 0 Å². The first-order valence-electron chi connectivity index (χ1n) is 4.36. The zero-order valence-corrected chi connectivity index (χ0v) is 8.37. The number of isocyanates is 2. The maximum Gasteiger partial charge on any atom is 0.0739 e. The molecule has 0 radical (unpaired) electrons. The van der Waals surface area contributed by atoms with E-state index in [2.05, 4.69) is 11.5 Å². The predicted molar refractivity (Wildman–Crippen MR) is 52.1 cm³/mol. The first kappa shape index (κ1) is 18.5. The molecule has 0 rings (SSSR count). The summed E-state index contributed by atoms with van der Waals surface area (Å²) >= 11 is 0. The summed E-state index contributed by atoms with van der Waals surface area (Å²) in [5.41, 5.74) is 7.54. The summed E-state index contributed by atoms with van der Waals surface area (Å²) in [6, 6.07) is 0. The molecule has 0 aliphatic carbocycles. The monoisotopic (exact) mass is 202 g/mol. The molecule has 0 aromatic heterocycles. The van der Waals surface area contributed by atoms with Crippen LogP contribution < -0.4 is 11.5 Å². The number of hydrogen-bond donors (Lipinski definition) is 2. The summed E-state index contributed by atoms with van der Waals surface area (Å²) in [5.74, 6) is 0. The molecule has 6 N–H and O–H groups in total. The van der Waals surface area contributed by atoms with Gasteiger partial charge in [0.2, 0.25) is 0 Å². The first-order valence-corrected chi connectivity index (χ1v) is 4.36. The number of unbranched alkanes of at least 4 members (excludes halogenated alkanes) is 3. The Balaban J connectivity index is -0.000000168. The Morgan fingerprint density at radius 1 is 0.786 bits per heavy atom. The van der Waals surface area contributed by atoms with Gasteiger partial charge in [-0.3, -0.25) is 9.59 Å². The third-order valence-corrected chi connectivity index (χ3v) is 1.25. The molecule has 0 aromatic carbocycles. The van der Waals surface area contributed by atoms with E-state index in [-0.39, 0.29) is 0 Å². The highest BCUT2D eigenvalue weighted by Crippen LogP contribution is 1.94. The maximum absolute atomic E-state index is 8.24. The summed E-state index contributed by atoms with van der Waals surface area (Å²) in [7, 11) is 0. The second-order valence-corrected chi connectivity index (χ2v) is 2.30. The van der Waals surface area contributed by atoms with Crippen LogP contribution in [0.15, 0.2) is 0 Å². The quantitative estimate of drug-likeness (QED) is 0.329. The molecule has 0 atom stereocenters. The van der Waals surface area contributed by atoms with E-state index in [9.17, 15) is 0 Å². The minimum Gasteiger partial charge on any atom is -0.724 e. The van der Waals surface area contributed by atoms with Crippen molar-refractivity contribution < 1.29 is 21.1 Å². The molecule has 0 unspecified atom stereocenters. The Morgan fingerprint density at radius 2 is 1.00 bits per heavy atom.